The van der Waals surface area contributed by atoms with Crippen LogP contribution in [0.4, 0.5) is 42.4 Å². The van der Waals surface area contributed by atoms with Crippen LogP contribution < -0.4 is 39.4 Å². The molecular weight excluding hydrogens is 717 g/mol. The number of hydrogen-bond acceptors (Lipinski definition) is 6. The Bertz CT molecular complexity index is 1710. The van der Waals surface area contributed by atoms with Crippen LogP contribution in [0.2, 0.25) is 0 Å². The average Bonchev–Trinajstić information content (AvgIpc) is 3.04. The van der Waals surface area contributed by atoms with Crippen LogP contribution in [0.5, 0.6) is 0 Å². The second-order valence-electron chi connectivity index (χ2n) is 10.2. The van der Waals surface area contributed by atoms with Crippen molar-refractivity contribution in [3.63, 3.8) is 0 Å². The molecule has 0 bridgehead atoms. The molecule has 16 heteroatoms. The number of carbonyl (C=O) groups is 2. The molecule has 0 saturated heterocycles. The van der Waals surface area contributed by atoms with Crippen LogP contribution in [-0.4, -0.2) is 47.4 Å². The molecule has 0 N–H and O–H groups in total. The Hall–Kier alpha value is -3.11. The number of thioether (sulfide) groups is 1. The first kappa shape index (κ1) is 44.9. The van der Waals surface area contributed by atoms with Crippen molar-refractivity contribution in [1.29, 1.82) is 0 Å². The number of carbonyl (C=O) groups excluding carboxylic acids is 2. The smallest absolute Gasteiger partial charge is 0.793 e. The molecular formula is C34H34F7N4NaO2S2. The molecule has 50 heavy (non-hydrogen) atoms. The van der Waals surface area contributed by atoms with Crippen LogP contribution in [0.1, 0.15) is 56.8 Å². The van der Waals surface area contributed by atoms with Gasteiger partial charge in [-0.15, -0.1) is 11.8 Å². The molecule has 0 unspecified atom stereocenters. The van der Waals surface area contributed by atoms with Gasteiger partial charge in [0.15, 0.2) is 0 Å². The first-order chi connectivity index (χ1) is 22.8. The SMILES string of the molecule is CCSc1cc(C)ccc1C(=O)N(C)c1ccc(C(F)(F)F)cn1.CC[S-].Cc1ccc(C(=O)N(C)c2ccc(C(F)(F)F)cn2)c(F)c1.[Na+]. The summed E-state index contributed by atoms with van der Waals surface area (Å²) in [5.74, 6) is 0.122. The maximum Gasteiger partial charge on any atom is 1.00 e. The number of nitrogens with zero attached hydrogens (tertiary/aromatic N) is 4. The Morgan fingerprint density at radius 2 is 1.12 bits per heavy atom. The second kappa shape index (κ2) is 20.1. The first-order valence-corrected chi connectivity index (χ1v) is 16.1. The molecule has 2 aromatic carbocycles. The van der Waals surface area contributed by atoms with Crippen molar-refractivity contribution >= 4 is 47.8 Å². The van der Waals surface area contributed by atoms with Gasteiger partial charge in [-0.25, -0.2) is 14.4 Å². The number of hydrogen-bond donors (Lipinski definition) is 0. The Morgan fingerprint density at radius 3 is 1.48 bits per heavy atom. The minimum Gasteiger partial charge on any atom is -0.793 e. The summed E-state index contributed by atoms with van der Waals surface area (Å²) in [6, 6.07) is 13.6. The largest absolute Gasteiger partial charge is 1.00 e. The third kappa shape index (κ3) is 12.9. The first-order valence-electron chi connectivity index (χ1n) is 14.6. The van der Waals surface area contributed by atoms with Gasteiger partial charge in [-0.2, -0.15) is 32.1 Å². The number of pyridine rings is 2. The fourth-order valence-electron chi connectivity index (χ4n) is 3.95. The number of amides is 2. The minimum atomic E-state index is -4.50. The second-order valence-corrected chi connectivity index (χ2v) is 12.1. The van der Waals surface area contributed by atoms with E-state index >= 15 is 0 Å². The zero-order chi connectivity index (χ0) is 37.1. The summed E-state index contributed by atoms with van der Waals surface area (Å²) in [5.41, 5.74) is 0.275. The van der Waals surface area contributed by atoms with E-state index in [1.54, 1.807) is 30.8 Å². The summed E-state index contributed by atoms with van der Waals surface area (Å²) in [5, 5.41) is 0. The molecule has 0 aliphatic carbocycles. The number of aryl methyl sites for hydroxylation is 2. The normalized spacial score (nSPS) is 10.8. The van der Waals surface area contributed by atoms with Crippen LogP contribution in [0.15, 0.2) is 78.0 Å². The van der Waals surface area contributed by atoms with Gasteiger partial charge in [0.1, 0.15) is 17.5 Å². The van der Waals surface area contributed by atoms with E-state index in [0.29, 0.717) is 17.3 Å². The Labute approximate surface area is 318 Å². The van der Waals surface area contributed by atoms with Gasteiger partial charge in [-0.05, 0) is 79.3 Å². The van der Waals surface area contributed by atoms with E-state index in [1.165, 1.54) is 37.2 Å². The molecule has 0 aliphatic rings. The molecule has 0 aliphatic heterocycles. The third-order valence-corrected chi connectivity index (χ3v) is 7.41. The van der Waals surface area contributed by atoms with Gasteiger partial charge < -0.3 is 12.6 Å². The van der Waals surface area contributed by atoms with Crippen LogP contribution in [-0.2, 0) is 25.0 Å². The van der Waals surface area contributed by atoms with Crippen molar-refractivity contribution in [1.82, 2.24) is 9.97 Å². The number of halogens is 7. The number of aromatic nitrogens is 2. The standard InChI is InChI=1S/C17H17F3N2OS.C15H12F4N2O.C2H6S.Na/c1-4-24-14-9-11(2)5-7-13(14)16(23)22(3)15-8-6-12(10-21-15)17(18,19)20;1-9-3-5-11(12(16)7-9)14(22)21(2)13-6-4-10(8-20-13)15(17,18)19;1-2-3;/h5-10H,4H2,1-3H3;3-8H,1-2H3;3H,2H2,1H3;/q;;;+1/p-1. The van der Waals surface area contributed by atoms with Crippen molar-refractivity contribution in [3.8, 4) is 0 Å². The maximum absolute atomic E-state index is 13.8. The Kier molecular flexibility index (Phi) is 18.0. The Morgan fingerprint density at radius 1 is 0.720 bits per heavy atom. The molecule has 2 heterocycles. The molecule has 0 radical (unpaired) electrons. The predicted molar refractivity (Wildman–Crippen MR) is 181 cm³/mol. The molecule has 4 aromatic rings. The van der Waals surface area contributed by atoms with Crippen LogP contribution in [0.3, 0.4) is 0 Å². The van der Waals surface area contributed by atoms with Gasteiger partial charge in [0.05, 0.1) is 22.3 Å². The van der Waals surface area contributed by atoms with Crippen LogP contribution in [0.25, 0.3) is 0 Å². The molecule has 264 valence electrons. The van der Waals surface area contributed by atoms with Crippen molar-refractivity contribution in [2.24, 2.45) is 0 Å². The summed E-state index contributed by atoms with van der Waals surface area (Å²) in [4.78, 5) is 35.3. The monoisotopic (exact) mass is 750 g/mol. The molecule has 2 aromatic heterocycles. The molecule has 0 saturated carbocycles. The van der Waals surface area contributed by atoms with Crippen molar-refractivity contribution in [2.45, 2.75) is 44.9 Å². The van der Waals surface area contributed by atoms with E-state index in [1.807, 2.05) is 32.9 Å². The summed E-state index contributed by atoms with van der Waals surface area (Å²) in [7, 11) is 2.81. The zero-order valence-corrected chi connectivity index (χ0v) is 32.0. The molecule has 0 spiro atoms. The molecule has 0 atom stereocenters. The maximum atomic E-state index is 13.8. The summed E-state index contributed by atoms with van der Waals surface area (Å²) >= 11 is 5.94. The third-order valence-electron chi connectivity index (χ3n) is 6.47. The van der Waals surface area contributed by atoms with E-state index in [0.717, 1.165) is 51.3 Å². The van der Waals surface area contributed by atoms with Crippen LogP contribution in [0, 0.1) is 19.7 Å². The topological polar surface area (TPSA) is 66.4 Å². The summed E-state index contributed by atoms with van der Waals surface area (Å²) < 4.78 is 89.0. The van der Waals surface area contributed by atoms with Crippen molar-refractivity contribution in [3.05, 3.63) is 112 Å². The van der Waals surface area contributed by atoms with Crippen LogP contribution >= 0.6 is 11.8 Å². The predicted octanol–water partition coefficient (Wildman–Crippen LogP) is 6.18. The van der Waals surface area contributed by atoms with Crippen molar-refractivity contribution in [2.75, 3.05) is 35.4 Å². The number of anilines is 2. The Balaban J connectivity index is 0.000000456. The quantitative estimate of drug-likeness (QED) is 0.102. The van der Waals surface area contributed by atoms with Gasteiger partial charge in [0, 0.05) is 31.4 Å². The number of rotatable bonds is 6. The molecule has 0 fully saturated rings. The fraction of sp³-hybridized carbons (Fsp3) is 0.294. The molecule has 6 nitrogen and oxygen atoms in total. The van der Waals surface area contributed by atoms with Gasteiger partial charge in [-0.3, -0.25) is 19.4 Å². The van der Waals surface area contributed by atoms with E-state index < -0.39 is 35.2 Å². The van der Waals surface area contributed by atoms with Gasteiger partial charge in [-0.1, -0.05) is 26.0 Å². The zero-order valence-electron chi connectivity index (χ0n) is 28.4. The minimum absolute atomic E-state index is 0. The van der Waals surface area contributed by atoms with Crippen molar-refractivity contribution < 1.29 is 69.9 Å². The number of benzene rings is 2. The molecule has 4 rings (SSSR count). The average molecular weight is 751 g/mol. The summed E-state index contributed by atoms with van der Waals surface area (Å²) in [6.07, 6.45) is -7.59. The summed E-state index contributed by atoms with van der Waals surface area (Å²) in [6.45, 7) is 7.55. The number of alkyl halides is 6. The van der Waals surface area contributed by atoms with Gasteiger partial charge in [0.2, 0.25) is 0 Å². The van der Waals surface area contributed by atoms with E-state index in [-0.39, 0.29) is 52.7 Å². The fourth-order valence-corrected chi connectivity index (χ4v) is 4.84. The van der Waals surface area contributed by atoms with E-state index in [2.05, 4.69) is 22.6 Å². The van der Waals surface area contributed by atoms with Gasteiger partial charge >= 0.3 is 41.9 Å². The molecule has 2 amide bonds. The van der Waals surface area contributed by atoms with E-state index in [4.69, 9.17) is 0 Å². The van der Waals surface area contributed by atoms with E-state index in [9.17, 15) is 40.3 Å². The van der Waals surface area contributed by atoms with Gasteiger partial charge in [0.25, 0.3) is 11.8 Å².